The lowest BCUT2D eigenvalue weighted by atomic mass is 10.1. The lowest BCUT2D eigenvalue weighted by molar-refractivity contribution is -0.0527. The number of nitrogen functional groups attached to an aromatic ring is 1. The SMILES string of the molecule is Nc1ccn([C@@H]2O[C@H](COP(=O)(O)NCc3ccccc3)C(O)[C@H]2O)c(=O)n1. The maximum atomic E-state index is 12.1. The van der Waals surface area contributed by atoms with Gasteiger partial charge >= 0.3 is 13.4 Å². The topological polar surface area (TPSA) is 169 Å². The molecule has 1 fully saturated rings. The summed E-state index contributed by atoms with van der Waals surface area (Å²) in [5.74, 6) is -0.000113. The predicted molar refractivity (Wildman–Crippen MR) is 97.9 cm³/mol. The van der Waals surface area contributed by atoms with E-state index in [2.05, 4.69) is 10.1 Å². The third kappa shape index (κ3) is 4.83. The van der Waals surface area contributed by atoms with Crippen molar-refractivity contribution in [2.75, 3.05) is 12.3 Å². The van der Waals surface area contributed by atoms with Crippen molar-refractivity contribution in [3.63, 3.8) is 0 Å². The zero-order valence-corrected chi connectivity index (χ0v) is 15.6. The average Bonchev–Trinajstić information content (AvgIpc) is 2.94. The number of nitrogens with one attached hydrogen (secondary N) is 1. The van der Waals surface area contributed by atoms with Gasteiger partial charge in [-0.2, -0.15) is 4.98 Å². The number of aliphatic hydroxyl groups is 2. The number of hydrogen-bond donors (Lipinski definition) is 5. The van der Waals surface area contributed by atoms with Gasteiger partial charge in [-0.15, -0.1) is 0 Å². The van der Waals surface area contributed by atoms with Crippen LogP contribution in [0, 0.1) is 0 Å². The zero-order chi connectivity index (χ0) is 20.3. The van der Waals surface area contributed by atoms with Crippen molar-refractivity contribution in [1.82, 2.24) is 14.6 Å². The molecule has 28 heavy (non-hydrogen) atoms. The fourth-order valence-corrected chi connectivity index (χ4v) is 3.55. The Bertz CT molecular complexity index is 909. The van der Waals surface area contributed by atoms with Gasteiger partial charge in [0, 0.05) is 12.7 Å². The highest BCUT2D eigenvalue weighted by Gasteiger charge is 2.45. The minimum absolute atomic E-state index is 0.000113. The number of aromatic nitrogens is 2. The second kappa shape index (κ2) is 8.50. The molecule has 3 rings (SSSR count). The molecule has 2 unspecified atom stereocenters. The van der Waals surface area contributed by atoms with E-state index in [9.17, 15) is 24.5 Å². The third-order valence-corrected chi connectivity index (χ3v) is 5.26. The number of benzene rings is 1. The summed E-state index contributed by atoms with van der Waals surface area (Å²) in [6, 6.07) is 10.3. The fourth-order valence-electron chi connectivity index (χ4n) is 2.72. The maximum absolute atomic E-state index is 12.1. The van der Waals surface area contributed by atoms with Crippen molar-refractivity contribution in [2.45, 2.75) is 31.1 Å². The van der Waals surface area contributed by atoms with Gasteiger partial charge in [-0.3, -0.25) is 9.09 Å². The number of rotatable bonds is 7. The van der Waals surface area contributed by atoms with Gasteiger partial charge < -0.3 is 25.6 Å². The van der Waals surface area contributed by atoms with E-state index in [1.807, 2.05) is 6.07 Å². The van der Waals surface area contributed by atoms with Crippen LogP contribution in [0.2, 0.25) is 0 Å². The first-order valence-electron chi connectivity index (χ1n) is 8.39. The minimum Gasteiger partial charge on any atom is -0.387 e. The normalized spacial score (nSPS) is 26.8. The molecule has 0 bridgehead atoms. The van der Waals surface area contributed by atoms with Crippen molar-refractivity contribution >= 4 is 13.6 Å². The molecule has 1 aliphatic heterocycles. The summed E-state index contributed by atoms with van der Waals surface area (Å²) in [6.45, 7) is -0.387. The Kier molecular flexibility index (Phi) is 6.26. The summed E-state index contributed by atoms with van der Waals surface area (Å²) in [6.07, 6.45) is -4.01. The van der Waals surface area contributed by atoms with Gasteiger partial charge in [0.25, 0.3) is 0 Å². The number of hydrogen-bond acceptors (Lipinski definition) is 8. The molecule has 1 saturated heterocycles. The summed E-state index contributed by atoms with van der Waals surface area (Å²) in [4.78, 5) is 25.3. The monoisotopic (exact) mass is 412 g/mol. The van der Waals surface area contributed by atoms with Crippen molar-refractivity contribution in [3.8, 4) is 0 Å². The van der Waals surface area contributed by atoms with Crippen molar-refractivity contribution in [3.05, 3.63) is 58.6 Å². The molecule has 0 saturated carbocycles. The van der Waals surface area contributed by atoms with Gasteiger partial charge in [0.15, 0.2) is 6.23 Å². The highest BCUT2D eigenvalue weighted by atomic mass is 31.2. The standard InChI is InChI=1S/C16H21N4O7P/c17-12-6-7-20(16(23)19-12)15-14(22)13(21)11(27-15)9-26-28(24,25)18-8-10-4-2-1-3-5-10/h1-7,11,13-15,21-22H,8-9H2,(H2,17,19,23)(H2,18,24,25)/t11-,13?,14-,15-/m1/s1. The number of aliphatic hydroxyl groups excluding tert-OH is 2. The van der Waals surface area contributed by atoms with E-state index in [1.54, 1.807) is 24.3 Å². The fraction of sp³-hybridized carbons (Fsp3) is 0.375. The van der Waals surface area contributed by atoms with Crippen LogP contribution in [0.4, 0.5) is 5.82 Å². The van der Waals surface area contributed by atoms with Gasteiger partial charge in [-0.1, -0.05) is 30.3 Å². The highest BCUT2D eigenvalue weighted by molar-refractivity contribution is 7.50. The molecule has 152 valence electrons. The largest absolute Gasteiger partial charge is 0.403 e. The number of ether oxygens (including phenoxy) is 1. The van der Waals surface area contributed by atoms with Crippen molar-refractivity contribution in [1.29, 1.82) is 0 Å². The summed E-state index contributed by atoms with van der Waals surface area (Å²) in [5, 5.41) is 22.7. The molecule has 0 radical (unpaired) electrons. The van der Waals surface area contributed by atoms with Crippen LogP contribution in [-0.4, -0.2) is 49.6 Å². The molecule has 1 aromatic carbocycles. The zero-order valence-electron chi connectivity index (χ0n) is 14.7. The number of nitrogens with two attached hydrogens (primary N) is 1. The van der Waals surface area contributed by atoms with Crippen LogP contribution >= 0.6 is 7.75 Å². The molecule has 1 aromatic heterocycles. The van der Waals surface area contributed by atoms with E-state index in [1.165, 1.54) is 12.3 Å². The average molecular weight is 412 g/mol. The van der Waals surface area contributed by atoms with E-state index in [-0.39, 0.29) is 12.4 Å². The molecule has 2 heterocycles. The lowest BCUT2D eigenvalue weighted by Gasteiger charge is -2.18. The Balaban J connectivity index is 1.59. The van der Waals surface area contributed by atoms with Crippen LogP contribution in [0.1, 0.15) is 11.8 Å². The maximum Gasteiger partial charge on any atom is 0.403 e. The van der Waals surface area contributed by atoms with Crippen molar-refractivity contribution < 1.29 is 28.9 Å². The predicted octanol–water partition coefficient (Wildman–Crippen LogP) is -0.649. The van der Waals surface area contributed by atoms with Crippen LogP contribution in [0.25, 0.3) is 0 Å². The molecule has 0 aliphatic carbocycles. The van der Waals surface area contributed by atoms with Crippen LogP contribution in [0.3, 0.4) is 0 Å². The van der Waals surface area contributed by atoms with Crippen LogP contribution in [0.15, 0.2) is 47.4 Å². The van der Waals surface area contributed by atoms with E-state index >= 15 is 0 Å². The van der Waals surface area contributed by atoms with Crippen molar-refractivity contribution in [2.24, 2.45) is 0 Å². The summed E-state index contributed by atoms with van der Waals surface area (Å²) < 4.78 is 23.5. The molecule has 1 aliphatic rings. The van der Waals surface area contributed by atoms with E-state index in [0.29, 0.717) is 0 Å². The molecule has 0 spiro atoms. The molecule has 6 N–H and O–H groups in total. The van der Waals surface area contributed by atoms with Gasteiger partial charge in [0.2, 0.25) is 0 Å². The molecule has 0 amide bonds. The number of anilines is 1. The number of nitrogens with zero attached hydrogens (tertiary/aromatic N) is 2. The molecule has 11 nitrogen and oxygen atoms in total. The van der Waals surface area contributed by atoms with Gasteiger partial charge in [-0.05, 0) is 11.6 Å². The Hall–Kier alpha value is -2.11. The third-order valence-electron chi connectivity index (χ3n) is 4.20. The van der Waals surface area contributed by atoms with Gasteiger partial charge in [0.05, 0.1) is 6.61 Å². The first-order chi connectivity index (χ1) is 13.3. The highest BCUT2D eigenvalue weighted by Crippen LogP contribution is 2.39. The molecule has 2 aromatic rings. The molecule has 5 atom stereocenters. The summed E-state index contributed by atoms with van der Waals surface area (Å²) in [5.41, 5.74) is 5.43. The second-order valence-corrected chi connectivity index (χ2v) is 7.84. The Morgan fingerprint density at radius 2 is 1.96 bits per heavy atom. The second-order valence-electron chi connectivity index (χ2n) is 6.23. The van der Waals surface area contributed by atoms with Crippen LogP contribution < -0.4 is 16.5 Å². The lowest BCUT2D eigenvalue weighted by Crippen LogP contribution is -2.36. The van der Waals surface area contributed by atoms with Gasteiger partial charge in [-0.25, -0.2) is 14.4 Å². The van der Waals surface area contributed by atoms with Gasteiger partial charge in [0.1, 0.15) is 24.1 Å². The first-order valence-corrected chi connectivity index (χ1v) is 9.97. The van der Waals surface area contributed by atoms with E-state index in [4.69, 9.17) is 15.0 Å². The smallest absolute Gasteiger partial charge is 0.387 e. The quantitative estimate of drug-likeness (QED) is 0.368. The molecular weight excluding hydrogens is 391 g/mol. The Morgan fingerprint density at radius 3 is 2.64 bits per heavy atom. The first kappa shape index (κ1) is 20.6. The minimum atomic E-state index is -4.18. The Labute approximate surface area is 160 Å². The van der Waals surface area contributed by atoms with E-state index < -0.39 is 44.6 Å². The molecule has 12 heteroatoms. The van der Waals surface area contributed by atoms with E-state index in [0.717, 1.165) is 10.1 Å². The summed E-state index contributed by atoms with van der Waals surface area (Å²) in [7, 11) is -4.18. The summed E-state index contributed by atoms with van der Waals surface area (Å²) >= 11 is 0. The van der Waals surface area contributed by atoms with Crippen LogP contribution in [-0.2, 0) is 20.4 Å². The molecular formula is C16H21N4O7P. The van der Waals surface area contributed by atoms with Crippen LogP contribution in [0.5, 0.6) is 0 Å². The Morgan fingerprint density at radius 1 is 1.25 bits per heavy atom.